The fraction of sp³-hybridized carbons (Fsp3) is 0. The molecule has 1 aromatic heterocycles. The van der Waals surface area contributed by atoms with Gasteiger partial charge in [-0.2, -0.15) is 35.2 Å². The second-order valence-electron chi connectivity index (χ2n) is 9.32. The molecular formula is C37H27N2PtSSb-2. The summed E-state index contributed by atoms with van der Waals surface area (Å²) in [5.74, 6) is 0. The topological polar surface area (TPSA) is 8.81 Å². The molecule has 0 atom stereocenters. The Labute approximate surface area is 274 Å². The summed E-state index contributed by atoms with van der Waals surface area (Å²) in [5.41, 5.74) is 4.06. The third-order valence-corrected chi connectivity index (χ3v) is 14.0. The van der Waals surface area contributed by atoms with E-state index in [0.29, 0.717) is 0 Å². The molecule has 0 aliphatic heterocycles. The first-order valence-electron chi connectivity index (χ1n) is 13.4. The number of hydrogen-bond acceptors (Lipinski definition) is 1. The maximum atomic E-state index is 5.47. The first-order chi connectivity index (χ1) is 20.3. The van der Waals surface area contributed by atoms with E-state index in [4.69, 9.17) is 12.6 Å². The molecule has 0 spiro atoms. The number of para-hydroxylation sites is 4. The molecule has 7 aromatic rings. The van der Waals surface area contributed by atoms with Crippen molar-refractivity contribution >= 4 is 54.4 Å². The van der Waals surface area contributed by atoms with E-state index in [-0.39, 0.29) is 21.1 Å². The minimum absolute atomic E-state index is 0. The molecule has 0 N–H and O–H groups in total. The van der Waals surface area contributed by atoms with Crippen LogP contribution in [0.25, 0.3) is 22.4 Å². The molecular weight excluding hydrogens is 821 g/mol. The predicted octanol–water partition coefficient (Wildman–Crippen LogP) is 5.61. The van der Waals surface area contributed by atoms with Crippen molar-refractivity contribution in [1.29, 1.82) is 0 Å². The molecule has 1 heterocycles. The molecule has 0 amide bonds. The molecule has 0 aliphatic carbocycles. The molecule has 0 aliphatic rings. The van der Waals surface area contributed by atoms with Crippen molar-refractivity contribution in [3.05, 3.63) is 176 Å². The molecule has 0 fully saturated rings. The Morgan fingerprint density at radius 1 is 0.548 bits per heavy atom. The molecule has 42 heavy (non-hydrogen) atoms. The van der Waals surface area contributed by atoms with Gasteiger partial charge in [0.25, 0.3) is 6.33 Å². The Morgan fingerprint density at radius 3 is 1.60 bits per heavy atom. The van der Waals surface area contributed by atoms with Crippen LogP contribution in [0.4, 0.5) is 0 Å². The van der Waals surface area contributed by atoms with Gasteiger partial charge in [0.05, 0.1) is 11.0 Å². The number of hydrogen-bond donors (Lipinski definition) is 0. The zero-order chi connectivity index (χ0) is 27.9. The van der Waals surface area contributed by atoms with E-state index in [1.165, 1.54) is 10.5 Å². The summed E-state index contributed by atoms with van der Waals surface area (Å²) in [5, 5.41) is 0. The number of imidazole rings is 1. The van der Waals surface area contributed by atoms with Crippen LogP contribution in [0.2, 0.25) is 0 Å². The molecule has 0 bridgehead atoms. The zero-order valence-electron chi connectivity index (χ0n) is 22.7. The van der Waals surface area contributed by atoms with Crippen LogP contribution < -0.4 is 15.1 Å². The van der Waals surface area contributed by atoms with Crippen LogP contribution in [0.5, 0.6) is 0 Å². The molecule has 0 unspecified atom stereocenters. The van der Waals surface area contributed by atoms with Crippen LogP contribution in [-0.4, -0.2) is 24.8 Å². The van der Waals surface area contributed by atoms with Crippen LogP contribution in [0.3, 0.4) is 0 Å². The number of fused-ring (bicyclic) bond motifs is 1. The monoisotopic (exact) mass is 847 g/mol. The molecule has 5 heteroatoms. The minimum atomic E-state index is -1.83. The van der Waals surface area contributed by atoms with Gasteiger partial charge in [-0.3, -0.25) is 4.57 Å². The van der Waals surface area contributed by atoms with Gasteiger partial charge < -0.3 is 17.2 Å². The van der Waals surface area contributed by atoms with E-state index < -0.39 is 20.2 Å². The Balaban J connectivity index is 0.000000166. The van der Waals surface area contributed by atoms with Crippen LogP contribution in [0.15, 0.2) is 169 Å². The zero-order valence-corrected chi connectivity index (χ0v) is 28.3. The van der Waals surface area contributed by atoms with Crippen LogP contribution in [0, 0.1) is 12.4 Å². The Kier molecular flexibility index (Phi) is 10.4. The second-order valence-corrected chi connectivity index (χ2v) is 16.1. The number of nitrogens with zero attached hydrogens (tertiary/aromatic N) is 2. The fourth-order valence-corrected chi connectivity index (χ4v) is 11.6. The van der Waals surface area contributed by atoms with Gasteiger partial charge in [-0.25, -0.2) is 0 Å². The average molecular weight is 849 g/mol. The van der Waals surface area contributed by atoms with E-state index in [1.807, 2.05) is 69.8 Å². The van der Waals surface area contributed by atoms with E-state index in [2.05, 4.69) is 116 Å². The standard InChI is InChI=1S/C19H13N2S.3C6H5.Pt.Sb/c22-19-13-7-6-12-18(19)21-14-20(15-8-2-1-3-9-15)16-10-4-5-11-17(16)21;3*1-2-4-6-5-3-1;;/h1-8,10-13,22H;3*1-5H;;/q-1;;;;;/p-1. The van der Waals surface area contributed by atoms with Gasteiger partial charge in [0.15, 0.2) is 0 Å². The summed E-state index contributed by atoms with van der Waals surface area (Å²) in [7, 11) is 0. The van der Waals surface area contributed by atoms with Gasteiger partial charge in [0, 0.05) is 26.8 Å². The Bertz CT molecular complexity index is 1750. The molecule has 2 nitrogen and oxygen atoms in total. The van der Waals surface area contributed by atoms with E-state index in [9.17, 15) is 0 Å². The van der Waals surface area contributed by atoms with E-state index in [0.717, 1.165) is 27.3 Å². The van der Waals surface area contributed by atoms with Gasteiger partial charge >= 0.3 is 122 Å². The molecule has 0 saturated heterocycles. The van der Waals surface area contributed by atoms with Crippen molar-refractivity contribution in [2.75, 3.05) is 0 Å². The maximum absolute atomic E-state index is 5.47. The number of aromatic nitrogens is 2. The van der Waals surface area contributed by atoms with Gasteiger partial charge in [-0.05, 0) is 5.69 Å². The Hall–Kier alpha value is -3.48. The van der Waals surface area contributed by atoms with E-state index >= 15 is 0 Å². The van der Waals surface area contributed by atoms with Gasteiger partial charge in [0.2, 0.25) is 0 Å². The van der Waals surface area contributed by atoms with Gasteiger partial charge in [-0.1, -0.05) is 48.5 Å². The summed E-state index contributed by atoms with van der Waals surface area (Å²) in [4.78, 5) is 0.809. The SMILES string of the molecule is [Pt].[S-]c1ccccc1-[n+]1[c-]n(-c2[c-]cccc2)c2ccccc21.c1cc[c]([Sb]([c]2ccccc2)[c]2ccccc2)cc1. The second kappa shape index (κ2) is 14.6. The molecule has 6 aromatic carbocycles. The van der Waals surface area contributed by atoms with Crippen molar-refractivity contribution in [3.63, 3.8) is 0 Å². The van der Waals surface area contributed by atoms with Crippen molar-refractivity contribution in [3.8, 4) is 11.4 Å². The van der Waals surface area contributed by atoms with Gasteiger partial charge in [-0.15, -0.1) is 0 Å². The third-order valence-electron chi connectivity index (χ3n) is 6.65. The van der Waals surface area contributed by atoms with Crippen molar-refractivity contribution in [2.24, 2.45) is 0 Å². The van der Waals surface area contributed by atoms with Crippen LogP contribution >= 0.6 is 0 Å². The summed E-state index contributed by atoms with van der Waals surface area (Å²) in [6, 6.07) is 60.1. The summed E-state index contributed by atoms with van der Waals surface area (Å²) in [6.45, 7) is 0. The van der Waals surface area contributed by atoms with Crippen molar-refractivity contribution in [1.82, 2.24) is 4.57 Å². The fourth-order valence-electron chi connectivity index (χ4n) is 4.76. The van der Waals surface area contributed by atoms with Crippen molar-refractivity contribution < 1.29 is 25.6 Å². The quantitative estimate of drug-likeness (QED) is 0.0948. The van der Waals surface area contributed by atoms with E-state index in [1.54, 1.807) is 0 Å². The number of benzene rings is 6. The predicted molar refractivity (Wildman–Crippen MR) is 172 cm³/mol. The summed E-state index contributed by atoms with van der Waals surface area (Å²) >= 11 is 3.64. The molecule has 0 radical (unpaired) electrons. The van der Waals surface area contributed by atoms with Crippen LogP contribution in [0.1, 0.15) is 0 Å². The first-order valence-corrected chi connectivity index (χ1v) is 17.7. The summed E-state index contributed by atoms with van der Waals surface area (Å²) in [6.07, 6.45) is 3.40. The Morgan fingerprint density at radius 2 is 1.05 bits per heavy atom. The number of rotatable bonds is 5. The van der Waals surface area contributed by atoms with Gasteiger partial charge in [0.1, 0.15) is 0 Å². The molecule has 208 valence electrons. The van der Waals surface area contributed by atoms with Crippen molar-refractivity contribution in [2.45, 2.75) is 4.90 Å². The first kappa shape index (κ1) is 30.0. The molecule has 0 saturated carbocycles. The average Bonchev–Trinajstić information content (AvgIpc) is 3.43. The van der Waals surface area contributed by atoms with Crippen LogP contribution in [-0.2, 0) is 33.7 Å². The summed E-state index contributed by atoms with van der Waals surface area (Å²) < 4.78 is 8.57. The third kappa shape index (κ3) is 6.76. The normalized spacial score (nSPS) is 10.5. The molecule has 7 rings (SSSR count).